The van der Waals surface area contributed by atoms with Crippen molar-refractivity contribution < 1.29 is 0 Å². The van der Waals surface area contributed by atoms with Crippen LogP contribution < -0.4 is 11.3 Å². The average molecular weight is 196 g/mol. The molecule has 3 heteroatoms. The molecule has 0 bridgehead atoms. The van der Waals surface area contributed by atoms with Crippen molar-refractivity contribution in [1.29, 1.82) is 0 Å². The molecule has 0 aliphatic rings. The van der Waals surface area contributed by atoms with Gasteiger partial charge in [-0.1, -0.05) is 11.6 Å². The van der Waals surface area contributed by atoms with E-state index in [1.54, 1.807) is 11.3 Å². The second-order valence-corrected chi connectivity index (χ2v) is 4.34. The Kier molecular flexibility index (Phi) is 4.15. The van der Waals surface area contributed by atoms with E-state index in [-0.39, 0.29) is 0 Å². The molecule has 1 aromatic heterocycles. The van der Waals surface area contributed by atoms with Crippen LogP contribution in [0.4, 0.5) is 0 Å². The maximum absolute atomic E-state index is 5.45. The van der Waals surface area contributed by atoms with Gasteiger partial charge in [-0.15, -0.1) is 17.9 Å². The summed E-state index contributed by atoms with van der Waals surface area (Å²) < 4.78 is 0. The van der Waals surface area contributed by atoms with Crippen molar-refractivity contribution in [3.8, 4) is 0 Å². The highest BCUT2D eigenvalue weighted by molar-refractivity contribution is 7.09. The standard InChI is InChI=1S/C10H16N2S/c1-8(2)6-9(12-11)7-10-4-3-5-13-10/h3-5,9,12H,1,6-7,11H2,2H3. The Bertz CT molecular complexity index is 254. The maximum Gasteiger partial charge on any atom is 0.0295 e. The molecule has 1 unspecified atom stereocenters. The first-order valence-corrected chi connectivity index (χ1v) is 5.23. The van der Waals surface area contributed by atoms with Crippen LogP contribution in [0, 0.1) is 0 Å². The van der Waals surface area contributed by atoms with Crippen molar-refractivity contribution in [1.82, 2.24) is 5.43 Å². The topological polar surface area (TPSA) is 38.0 Å². The Labute approximate surface area is 83.4 Å². The van der Waals surface area contributed by atoms with Gasteiger partial charge in [0.2, 0.25) is 0 Å². The van der Waals surface area contributed by atoms with E-state index in [1.165, 1.54) is 10.5 Å². The number of hydrogen-bond donors (Lipinski definition) is 2. The van der Waals surface area contributed by atoms with E-state index in [1.807, 2.05) is 6.92 Å². The average Bonchev–Trinajstić information content (AvgIpc) is 2.55. The second kappa shape index (κ2) is 5.17. The van der Waals surface area contributed by atoms with Crippen LogP contribution in [-0.4, -0.2) is 6.04 Å². The molecule has 0 aromatic carbocycles. The summed E-state index contributed by atoms with van der Waals surface area (Å²) in [6, 6.07) is 4.51. The number of nitrogens with one attached hydrogen (secondary N) is 1. The lowest BCUT2D eigenvalue weighted by Crippen LogP contribution is -2.36. The highest BCUT2D eigenvalue weighted by Crippen LogP contribution is 2.13. The molecule has 1 atom stereocenters. The van der Waals surface area contributed by atoms with Gasteiger partial charge in [-0.2, -0.15) is 0 Å². The third kappa shape index (κ3) is 3.72. The van der Waals surface area contributed by atoms with Crippen LogP contribution in [-0.2, 0) is 6.42 Å². The molecule has 0 radical (unpaired) electrons. The first-order chi connectivity index (χ1) is 6.22. The van der Waals surface area contributed by atoms with Crippen LogP contribution in [0.2, 0.25) is 0 Å². The summed E-state index contributed by atoms with van der Waals surface area (Å²) in [4.78, 5) is 1.37. The minimum Gasteiger partial charge on any atom is -0.271 e. The monoisotopic (exact) mass is 196 g/mol. The van der Waals surface area contributed by atoms with E-state index < -0.39 is 0 Å². The summed E-state index contributed by atoms with van der Waals surface area (Å²) in [5.74, 6) is 5.45. The van der Waals surface area contributed by atoms with Gasteiger partial charge >= 0.3 is 0 Å². The molecular formula is C10H16N2S. The first-order valence-electron chi connectivity index (χ1n) is 4.35. The molecule has 0 aliphatic carbocycles. The molecular weight excluding hydrogens is 180 g/mol. The fourth-order valence-electron chi connectivity index (χ4n) is 1.28. The zero-order valence-electron chi connectivity index (χ0n) is 7.92. The molecule has 72 valence electrons. The van der Waals surface area contributed by atoms with Gasteiger partial charge in [0.05, 0.1) is 0 Å². The second-order valence-electron chi connectivity index (χ2n) is 3.31. The van der Waals surface area contributed by atoms with Crippen LogP contribution in [0.3, 0.4) is 0 Å². The first kappa shape index (κ1) is 10.4. The van der Waals surface area contributed by atoms with Crippen molar-refractivity contribution in [3.05, 3.63) is 34.5 Å². The van der Waals surface area contributed by atoms with Crippen LogP contribution in [0.1, 0.15) is 18.2 Å². The Morgan fingerprint density at radius 3 is 3.00 bits per heavy atom. The molecule has 0 amide bonds. The van der Waals surface area contributed by atoms with Crippen molar-refractivity contribution >= 4 is 11.3 Å². The lowest BCUT2D eigenvalue weighted by Gasteiger charge is -2.14. The number of nitrogens with two attached hydrogens (primary N) is 1. The Morgan fingerprint density at radius 2 is 2.54 bits per heavy atom. The molecule has 0 spiro atoms. The summed E-state index contributed by atoms with van der Waals surface area (Å²) in [6.07, 6.45) is 1.93. The van der Waals surface area contributed by atoms with Crippen molar-refractivity contribution in [2.75, 3.05) is 0 Å². The fraction of sp³-hybridized carbons (Fsp3) is 0.400. The van der Waals surface area contributed by atoms with Gasteiger partial charge in [0.15, 0.2) is 0 Å². The van der Waals surface area contributed by atoms with Crippen molar-refractivity contribution in [2.45, 2.75) is 25.8 Å². The summed E-state index contributed by atoms with van der Waals surface area (Å²) >= 11 is 1.77. The predicted octanol–water partition coefficient (Wildman–Crippen LogP) is 2.09. The minimum absolute atomic E-state index is 0.316. The smallest absolute Gasteiger partial charge is 0.0295 e. The van der Waals surface area contributed by atoms with Crippen LogP contribution in [0.25, 0.3) is 0 Å². The van der Waals surface area contributed by atoms with E-state index in [0.717, 1.165) is 12.8 Å². The summed E-state index contributed by atoms with van der Waals surface area (Å²) in [5.41, 5.74) is 3.98. The highest BCUT2D eigenvalue weighted by Gasteiger charge is 2.07. The van der Waals surface area contributed by atoms with E-state index in [2.05, 4.69) is 29.5 Å². The number of thiophene rings is 1. The lowest BCUT2D eigenvalue weighted by atomic mass is 10.1. The highest BCUT2D eigenvalue weighted by atomic mass is 32.1. The lowest BCUT2D eigenvalue weighted by molar-refractivity contribution is 0.524. The molecule has 0 aliphatic heterocycles. The van der Waals surface area contributed by atoms with Gasteiger partial charge in [0.1, 0.15) is 0 Å². The molecule has 0 fully saturated rings. The number of hydrogen-bond acceptors (Lipinski definition) is 3. The molecule has 1 heterocycles. The van der Waals surface area contributed by atoms with Gasteiger partial charge in [0, 0.05) is 10.9 Å². The number of rotatable bonds is 5. The summed E-state index contributed by atoms with van der Waals surface area (Å²) in [7, 11) is 0. The van der Waals surface area contributed by atoms with Crippen LogP contribution in [0.15, 0.2) is 29.7 Å². The van der Waals surface area contributed by atoms with Crippen molar-refractivity contribution in [3.63, 3.8) is 0 Å². The Morgan fingerprint density at radius 1 is 1.77 bits per heavy atom. The quantitative estimate of drug-likeness (QED) is 0.430. The van der Waals surface area contributed by atoms with Crippen LogP contribution in [0.5, 0.6) is 0 Å². The largest absolute Gasteiger partial charge is 0.271 e. The van der Waals surface area contributed by atoms with Crippen molar-refractivity contribution in [2.24, 2.45) is 5.84 Å². The van der Waals surface area contributed by atoms with Gasteiger partial charge in [-0.3, -0.25) is 11.3 Å². The number of hydrazine groups is 1. The SMILES string of the molecule is C=C(C)CC(Cc1cccs1)NN. The molecule has 1 rings (SSSR count). The molecule has 3 N–H and O–H groups in total. The molecule has 2 nitrogen and oxygen atoms in total. The van der Waals surface area contributed by atoms with Gasteiger partial charge in [0.25, 0.3) is 0 Å². The summed E-state index contributed by atoms with van der Waals surface area (Å²) in [5, 5.41) is 2.09. The zero-order chi connectivity index (χ0) is 9.68. The van der Waals surface area contributed by atoms with E-state index >= 15 is 0 Å². The predicted molar refractivity (Wildman–Crippen MR) is 58.6 cm³/mol. The van der Waals surface area contributed by atoms with E-state index in [0.29, 0.717) is 6.04 Å². The Hall–Kier alpha value is -0.640. The van der Waals surface area contributed by atoms with E-state index in [9.17, 15) is 0 Å². The normalized spacial score (nSPS) is 12.8. The van der Waals surface area contributed by atoms with Gasteiger partial charge < -0.3 is 0 Å². The van der Waals surface area contributed by atoms with Crippen LogP contribution >= 0.6 is 11.3 Å². The Balaban J connectivity index is 2.45. The molecule has 1 aromatic rings. The van der Waals surface area contributed by atoms with Gasteiger partial charge in [-0.05, 0) is 31.2 Å². The third-order valence-electron chi connectivity index (χ3n) is 1.86. The molecule has 0 saturated heterocycles. The minimum atomic E-state index is 0.316. The maximum atomic E-state index is 5.45. The van der Waals surface area contributed by atoms with Gasteiger partial charge in [-0.25, -0.2) is 0 Å². The fourth-order valence-corrected chi connectivity index (χ4v) is 2.07. The summed E-state index contributed by atoms with van der Waals surface area (Å²) in [6.45, 7) is 5.91. The van der Waals surface area contributed by atoms with E-state index in [4.69, 9.17) is 5.84 Å². The zero-order valence-corrected chi connectivity index (χ0v) is 8.73. The molecule has 13 heavy (non-hydrogen) atoms. The third-order valence-corrected chi connectivity index (χ3v) is 2.76. The molecule has 0 saturated carbocycles.